The van der Waals surface area contributed by atoms with E-state index < -0.39 is 0 Å². The van der Waals surface area contributed by atoms with Crippen molar-refractivity contribution in [3.8, 4) is 11.1 Å². The lowest BCUT2D eigenvalue weighted by atomic mass is 9.90. The van der Waals surface area contributed by atoms with Gasteiger partial charge in [0.2, 0.25) is 0 Å². The first-order chi connectivity index (χ1) is 15.4. The highest BCUT2D eigenvalue weighted by Crippen LogP contribution is 2.44. The Balaban J connectivity index is 1.36. The van der Waals surface area contributed by atoms with Gasteiger partial charge in [-0.05, 0) is 74.6 Å². The average molecular weight is 441 g/mol. The molecule has 0 radical (unpaired) electrons. The fourth-order valence-corrected chi connectivity index (χ4v) is 4.56. The number of methoxy groups -OCH3 is 1. The van der Waals surface area contributed by atoms with Gasteiger partial charge >= 0.3 is 0 Å². The summed E-state index contributed by atoms with van der Waals surface area (Å²) in [5.41, 5.74) is 2.92. The van der Waals surface area contributed by atoms with Crippen LogP contribution in [0.1, 0.15) is 52.4 Å². The van der Waals surface area contributed by atoms with Crippen LogP contribution < -0.4 is 16.0 Å². The van der Waals surface area contributed by atoms with E-state index in [9.17, 15) is 4.39 Å². The largest absolute Gasteiger partial charge is 0.384 e. The Hall–Kier alpha value is -2.18. The van der Waals surface area contributed by atoms with Crippen molar-refractivity contribution in [3.05, 3.63) is 42.3 Å². The number of halogens is 1. The van der Waals surface area contributed by atoms with Crippen LogP contribution in [0.2, 0.25) is 0 Å². The van der Waals surface area contributed by atoms with Crippen LogP contribution in [0, 0.1) is 11.2 Å². The lowest BCUT2D eigenvalue weighted by Gasteiger charge is -2.31. The van der Waals surface area contributed by atoms with Crippen molar-refractivity contribution >= 4 is 11.5 Å². The van der Waals surface area contributed by atoms with Crippen molar-refractivity contribution in [1.29, 1.82) is 0 Å². The number of hydrogen-bond donors (Lipinski definition) is 3. The van der Waals surface area contributed by atoms with Crippen LogP contribution in [0.25, 0.3) is 11.1 Å². The summed E-state index contributed by atoms with van der Waals surface area (Å²) in [5, 5.41) is 10.7. The van der Waals surface area contributed by atoms with Crippen LogP contribution >= 0.6 is 0 Å². The van der Waals surface area contributed by atoms with Gasteiger partial charge in [-0.2, -0.15) is 0 Å². The van der Waals surface area contributed by atoms with Crippen molar-refractivity contribution in [2.75, 3.05) is 30.9 Å². The van der Waals surface area contributed by atoms with Gasteiger partial charge in [-0.1, -0.05) is 19.1 Å². The third-order valence-corrected chi connectivity index (χ3v) is 6.87. The average Bonchev–Trinajstić information content (AvgIpc) is 3.53. The molecule has 1 aromatic carbocycles. The van der Waals surface area contributed by atoms with Gasteiger partial charge < -0.3 is 20.7 Å². The molecule has 6 heteroatoms. The standard InChI is InChI=1S/C26H37FN4O/c1-18(16-32-3)30-20-7-9-21(10-8-20)31-25-14-23(24(27)15-28-25)19-5-4-6-22(13-19)29-17-26(2)11-12-26/h4-6,13-15,18,20-21,29-30H,7-12,16-17H2,1-3H3,(H,28,31)/t18-,20?,21?/m1/s1. The van der Waals surface area contributed by atoms with E-state index in [1.807, 2.05) is 30.3 Å². The molecule has 2 fully saturated rings. The molecule has 2 aliphatic rings. The lowest BCUT2D eigenvalue weighted by Crippen LogP contribution is -2.42. The third-order valence-electron chi connectivity index (χ3n) is 6.87. The molecule has 2 saturated carbocycles. The van der Waals surface area contributed by atoms with Gasteiger partial charge in [-0.25, -0.2) is 9.37 Å². The second-order valence-corrected chi connectivity index (χ2v) is 10.0. The van der Waals surface area contributed by atoms with E-state index in [1.54, 1.807) is 7.11 Å². The highest BCUT2D eigenvalue weighted by molar-refractivity contribution is 5.70. The van der Waals surface area contributed by atoms with Crippen LogP contribution in [0.15, 0.2) is 36.5 Å². The molecule has 1 atom stereocenters. The molecule has 5 nitrogen and oxygen atoms in total. The minimum Gasteiger partial charge on any atom is -0.384 e. The van der Waals surface area contributed by atoms with Gasteiger partial charge in [-0.15, -0.1) is 0 Å². The highest BCUT2D eigenvalue weighted by Gasteiger charge is 2.36. The van der Waals surface area contributed by atoms with E-state index >= 15 is 0 Å². The fraction of sp³-hybridized carbons (Fsp3) is 0.577. The number of hydrogen-bond acceptors (Lipinski definition) is 5. The molecule has 0 spiro atoms. The lowest BCUT2D eigenvalue weighted by molar-refractivity contribution is 0.161. The Morgan fingerprint density at radius 1 is 1.16 bits per heavy atom. The predicted octanol–water partition coefficient (Wildman–Crippen LogP) is 5.45. The SMILES string of the molecule is COC[C@@H](C)NC1CCC(Nc2cc(-c3cccc(NCC4(C)CC4)c3)c(F)cn2)CC1. The zero-order valence-electron chi connectivity index (χ0n) is 19.6. The molecule has 32 heavy (non-hydrogen) atoms. The summed E-state index contributed by atoms with van der Waals surface area (Å²) in [4.78, 5) is 4.32. The summed E-state index contributed by atoms with van der Waals surface area (Å²) in [6.45, 7) is 6.16. The van der Waals surface area contributed by atoms with Gasteiger partial charge in [0.05, 0.1) is 12.8 Å². The third kappa shape index (κ3) is 6.20. The molecule has 174 valence electrons. The molecule has 3 N–H and O–H groups in total. The molecule has 0 unspecified atom stereocenters. The van der Waals surface area contributed by atoms with Crippen LogP contribution in [-0.4, -0.2) is 43.4 Å². The van der Waals surface area contributed by atoms with E-state index in [1.165, 1.54) is 19.0 Å². The van der Waals surface area contributed by atoms with Gasteiger partial charge in [-0.3, -0.25) is 0 Å². The smallest absolute Gasteiger partial charge is 0.149 e. The van der Waals surface area contributed by atoms with Gasteiger partial charge in [0.15, 0.2) is 0 Å². The van der Waals surface area contributed by atoms with Crippen molar-refractivity contribution < 1.29 is 9.13 Å². The zero-order chi connectivity index (χ0) is 22.6. The molecule has 0 amide bonds. The monoisotopic (exact) mass is 440 g/mol. The first kappa shape index (κ1) is 23.0. The van der Waals surface area contributed by atoms with E-state index in [2.05, 4.69) is 34.8 Å². The van der Waals surface area contributed by atoms with Crippen molar-refractivity contribution in [1.82, 2.24) is 10.3 Å². The number of nitrogens with zero attached hydrogens (tertiary/aromatic N) is 1. The summed E-state index contributed by atoms with van der Waals surface area (Å²) in [5.74, 6) is 0.455. The first-order valence-electron chi connectivity index (χ1n) is 12.0. The summed E-state index contributed by atoms with van der Waals surface area (Å²) in [6, 6.07) is 11.1. The zero-order valence-corrected chi connectivity index (χ0v) is 19.6. The Morgan fingerprint density at radius 2 is 1.91 bits per heavy atom. The van der Waals surface area contributed by atoms with Crippen LogP contribution in [0.3, 0.4) is 0 Å². The molecule has 0 saturated heterocycles. The maximum atomic E-state index is 14.7. The van der Waals surface area contributed by atoms with Crippen molar-refractivity contribution in [2.45, 2.75) is 70.5 Å². The Bertz CT molecular complexity index is 893. The minimum atomic E-state index is -0.290. The number of pyridine rings is 1. The second kappa shape index (κ2) is 10.2. The number of rotatable bonds is 10. The van der Waals surface area contributed by atoms with Crippen LogP contribution in [0.5, 0.6) is 0 Å². The number of ether oxygens (including phenoxy) is 1. The molecule has 1 heterocycles. The molecule has 2 aromatic rings. The first-order valence-corrected chi connectivity index (χ1v) is 12.0. The molecule has 0 bridgehead atoms. The maximum Gasteiger partial charge on any atom is 0.149 e. The molecular weight excluding hydrogens is 403 g/mol. The van der Waals surface area contributed by atoms with E-state index in [-0.39, 0.29) is 5.82 Å². The Kier molecular flexibility index (Phi) is 7.31. The number of anilines is 2. The van der Waals surface area contributed by atoms with Crippen molar-refractivity contribution in [2.24, 2.45) is 5.41 Å². The van der Waals surface area contributed by atoms with Crippen LogP contribution in [0.4, 0.5) is 15.9 Å². The molecule has 4 rings (SSSR count). The topological polar surface area (TPSA) is 58.2 Å². The summed E-state index contributed by atoms with van der Waals surface area (Å²) in [6.07, 6.45) is 8.27. The minimum absolute atomic E-state index is 0.290. The summed E-state index contributed by atoms with van der Waals surface area (Å²) in [7, 11) is 1.74. The number of aromatic nitrogens is 1. The second-order valence-electron chi connectivity index (χ2n) is 10.0. The molecule has 1 aromatic heterocycles. The maximum absolute atomic E-state index is 14.7. The summed E-state index contributed by atoms with van der Waals surface area (Å²) >= 11 is 0. The predicted molar refractivity (Wildman–Crippen MR) is 130 cm³/mol. The quantitative estimate of drug-likeness (QED) is 0.459. The highest BCUT2D eigenvalue weighted by atomic mass is 19.1. The molecular formula is C26H37FN4O. The van der Waals surface area contributed by atoms with Gasteiger partial charge in [0.1, 0.15) is 11.6 Å². The van der Waals surface area contributed by atoms with E-state index in [0.29, 0.717) is 29.1 Å². The van der Waals surface area contributed by atoms with Gasteiger partial charge in [0, 0.05) is 43.0 Å². The van der Waals surface area contributed by atoms with E-state index in [0.717, 1.165) is 55.9 Å². The number of benzene rings is 1. The molecule has 2 aliphatic carbocycles. The number of nitrogens with one attached hydrogen (secondary N) is 3. The molecule has 0 aliphatic heterocycles. The Morgan fingerprint density at radius 3 is 2.62 bits per heavy atom. The van der Waals surface area contributed by atoms with E-state index in [4.69, 9.17) is 4.74 Å². The van der Waals surface area contributed by atoms with Crippen molar-refractivity contribution in [3.63, 3.8) is 0 Å². The Labute approximate surface area is 191 Å². The van der Waals surface area contributed by atoms with Crippen LogP contribution in [-0.2, 0) is 4.74 Å². The van der Waals surface area contributed by atoms with Gasteiger partial charge in [0.25, 0.3) is 0 Å². The summed E-state index contributed by atoms with van der Waals surface area (Å²) < 4.78 is 19.9. The fourth-order valence-electron chi connectivity index (χ4n) is 4.56. The normalized spacial score (nSPS) is 22.9.